The molecule has 0 radical (unpaired) electrons. The van der Waals surface area contributed by atoms with Crippen molar-refractivity contribution in [3.05, 3.63) is 0 Å². The minimum Gasteiger partial charge on any atom is -0.462 e. The Bertz CT molecular complexity index is 1230. The van der Waals surface area contributed by atoms with E-state index in [-0.39, 0.29) is 12.8 Å². The normalized spacial score (nSPS) is 23.0. The van der Waals surface area contributed by atoms with Gasteiger partial charge in [-0.1, -0.05) is 116 Å². The van der Waals surface area contributed by atoms with Crippen LogP contribution in [-0.4, -0.2) is 114 Å². The van der Waals surface area contributed by atoms with Crippen LogP contribution in [0.2, 0.25) is 0 Å². The van der Waals surface area contributed by atoms with E-state index in [1.54, 1.807) is 0 Å². The van der Waals surface area contributed by atoms with Gasteiger partial charge in [-0.2, -0.15) is 0 Å². The molecule has 1 aliphatic carbocycles. The van der Waals surface area contributed by atoms with Gasteiger partial charge in [0.15, 0.2) is 6.10 Å². The van der Waals surface area contributed by atoms with Gasteiger partial charge in [-0.05, 0) is 25.8 Å². The van der Waals surface area contributed by atoms with Crippen molar-refractivity contribution < 1.29 is 90.6 Å². The van der Waals surface area contributed by atoms with Crippen LogP contribution in [0.15, 0.2) is 0 Å². The summed E-state index contributed by atoms with van der Waals surface area (Å²) in [6, 6.07) is 0. The van der Waals surface area contributed by atoms with Crippen LogP contribution >= 0.6 is 23.5 Å². The average Bonchev–Trinajstić information content (AvgIpc) is 3.14. The van der Waals surface area contributed by atoms with Crippen LogP contribution in [-0.2, 0) is 50.9 Å². The molecule has 4 unspecified atom stereocenters. The second-order valence-corrected chi connectivity index (χ2v) is 18.5. The Morgan fingerprint density at radius 2 is 0.897 bits per heavy atom. The fraction of sp³-hybridized carbons (Fsp3) is 0.943. The molecule has 1 rings (SSSR count). The maximum absolute atomic E-state index is 13.0. The van der Waals surface area contributed by atoms with E-state index >= 15 is 0 Å². The fourth-order valence-electron chi connectivity index (χ4n) is 6.42. The van der Waals surface area contributed by atoms with E-state index in [0.29, 0.717) is 19.4 Å². The van der Waals surface area contributed by atoms with Gasteiger partial charge in [0.2, 0.25) is 0 Å². The summed E-state index contributed by atoms with van der Waals surface area (Å²) >= 11 is 0. The number of rotatable bonds is 35. The fourth-order valence-corrected chi connectivity index (χ4v) is 8.53. The Morgan fingerprint density at radius 3 is 1.29 bits per heavy atom. The standard InChI is InChI=1S/C35H70NO19P3/c1-2-3-4-5-6-7-8-9-10-11-13-17-20-23-29(38)52-27(25-50-28(37)22-19-16-14-12-15-18-21-24-36)26-51-58(48,49)55-35-31(40)33(53-56(42,43)44)30(39)34(32(35)41)54-57(45,46)47/h27,30-35,39-41H,2-26,36H2,1H3,(H,48,49)(H2,42,43,44)(H2,45,46,47)/t27-,30?,31-,32?,33-,34+,35?/m1/s1. The molecule has 58 heavy (non-hydrogen) atoms. The van der Waals surface area contributed by atoms with Crippen molar-refractivity contribution in [3.63, 3.8) is 0 Å². The third-order valence-corrected chi connectivity index (χ3v) is 11.5. The number of phosphoric acid groups is 3. The van der Waals surface area contributed by atoms with Gasteiger partial charge in [0.1, 0.15) is 43.2 Å². The lowest BCUT2D eigenvalue weighted by Crippen LogP contribution is -2.65. The third kappa shape index (κ3) is 26.4. The molecule has 1 fully saturated rings. The maximum atomic E-state index is 13.0. The summed E-state index contributed by atoms with van der Waals surface area (Å²) in [5.41, 5.74) is 5.50. The molecule has 0 spiro atoms. The van der Waals surface area contributed by atoms with Gasteiger partial charge in [0.05, 0.1) is 6.61 Å². The molecule has 20 nitrogen and oxygen atoms in total. The van der Waals surface area contributed by atoms with Crippen molar-refractivity contribution in [2.75, 3.05) is 19.8 Å². The number of aliphatic hydroxyl groups is 3. The first-order chi connectivity index (χ1) is 27.3. The van der Waals surface area contributed by atoms with Crippen LogP contribution in [0.4, 0.5) is 0 Å². The van der Waals surface area contributed by atoms with Gasteiger partial charge in [-0.25, -0.2) is 13.7 Å². The van der Waals surface area contributed by atoms with Crippen LogP contribution in [0, 0.1) is 0 Å². The Balaban J connectivity index is 2.82. The predicted octanol–water partition coefficient (Wildman–Crippen LogP) is 4.56. The molecule has 0 saturated heterocycles. The number of nitrogens with two attached hydrogens (primary N) is 1. The highest BCUT2D eigenvalue weighted by molar-refractivity contribution is 7.47. The van der Waals surface area contributed by atoms with E-state index in [9.17, 15) is 63.1 Å². The van der Waals surface area contributed by atoms with Crippen LogP contribution in [0.5, 0.6) is 0 Å². The molecule has 0 aromatic carbocycles. The highest BCUT2D eigenvalue weighted by Gasteiger charge is 2.56. The number of carbonyl (C=O) groups is 2. The number of esters is 2. The van der Waals surface area contributed by atoms with Crippen molar-refractivity contribution in [2.45, 2.75) is 191 Å². The highest BCUT2D eigenvalue weighted by Crippen LogP contribution is 2.51. The van der Waals surface area contributed by atoms with E-state index in [1.807, 2.05) is 0 Å². The topological polar surface area (TPSA) is 329 Å². The molecule has 0 aromatic heterocycles. The first kappa shape index (κ1) is 55.1. The Hall–Kier alpha value is -0.890. The molecule has 0 aliphatic heterocycles. The third-order valence-electron chi connectivity index (χ3n) is 9.51. The Morgan fingerprint density at radius 1 is 0.534 bits per heavy atom. The van der Waals surface area contributed by atoms with Crippen molar-refractivity contribution in [2.24, 2.45) is 5.73 Å². The Labute approximate surface area is 341 Å². The molecule has 10 N–H and O–H groups in total. The minimum atomic E-state index is -5.54. The largest absolute Gasteiger partial charge is 0.472 e. The smallest absolute Gasteiger partial charge is 0.462 e. The molecular weight excluding hydrogens is 831 g/mol. The van der Waals surface area contributed by atoms with E-state index in [4.69, 9.17) is 24.3 Å². The zero-order chi connectivity index (χ0) is 43.6. The zero-order valence-electron chi connectivity index (χ0n) is 33.7. The second kappa shape index (κ2) is 30.2. The molecule has 0 amide bonds. The monoisotopic (exact) mass is 901 g/mol. The van der Waals surface area contributed by atoms with E-state index in [2.05, 4.69) is 16.0 Å². The molecule has 0 heterocycles. The quantitative estimate of drug-likeness (QED) is 0.0239. The summed E-state index contributed by atoms with van der Waals surface area (Å²) in [5.74, 6) is -1.33. The maximum Gasteiger partial charge on any atom is 0.472 e. The lowest BCUT2D eigenvalue weighted by atomic mass is 9.85. The second-order valence-electron chi connectivity index (χ2n) is 14.7. The molecule has 8 atom stereocenters. The SMILES string of the molecule is CCCCCCCCCCCCCCCC(=O)O[C@H](COC(=O)CCCCCCCCCN)COP(=O)(O)OC1C(O)[C@@H](OP(=O)(O)O)C(O)[C@@H](OP(=O)(O)O)[C@H]1O. The van der Waals surface area contributed by atoms with Gasteiger partial charge >= 0.3 is 35.4 Å². The predicted molar refractivity (Wildman–Crippen MR) is 210 cm³/mol. The van der Waals surface area contributed by atoms with Crippen molar-refractivity contribution in [1.29, 1.82) is 0 Å². The number of ether oxygens (including phenoxy) is 2. The van der Waals surface area contributed by atoms with Crippen molar-refractivity contribution in [3.8, 4) is 0 Å². The summed E-state index contributed by atoms with van der Waals surface area (Å²) in [5, 5.41) is 31.7. The van der Waals surface area contributed by atoms with Crippen LogP contribution in [0.1, 0.15) is 148 Å². The lowest BCUT2D eigenvalue weighted by molar-refractivity contribution is -0.213. The van der Waals surface area contributed by atoms with E-state index in [0.717, 1.165) is 70.6 Å². The average molecular weight is 902 g/mol. The van der Waals surface area contributed by atoms with Crippen molar-refractivity contribution >= 4 is 35.4 Å². The molecule has 23 heteroatoms. The zero-order valence-corrected chi connectivity index (χ0v) is 36.4. The summed E-state index contributed by atoms with van der Waals surface area (Å²) in [7, 11) is -16.6. The number of carbonyl (C=O) groups excluding carboxylic acids is 2. The summed E-state index contributed by atoms with van der Waals surface area (Å²) in [4.78, 5) is 72.7. The van der Waals surface area contributed by atoms with Gasteiger partial charge < -0.3 is 55.0 Å². The molecule has 1 saturated carbocycles. The molecular formula is C35H70NO19P3. The van der Waals surface area contributed by atoms with Gasteiger partial charge in [-0.15, -0.1) is 0 Å². The number of aliphatic hydroxyl groups excluding tert-OH is 3. The highest BCUT2D eigenvalue weighted by atomic mass is 31.2. The van der Waals surface area contributed by atoms with Gasteiger partial charge in [0, 0.05) is 12.8 Å². The number of hydrogen-bond donors (Lipinski definition) is 9. The molecule has 0 bridgehead atoms. The summed E-state index contributed by atoms with van der Waals surface area (Å²) in [6.07, 6.45) is 4.18. The Kier molecular flexibility index (Phi) is 28.7. The first-order valence-electron chi connectivity index (χ1n) is 20.5. The van der Waals surface area contributed by atoms with Crippen LogP contribution in [0.25, 0.3) is 0 Å². The summed E-state index contributed by atoms with van der Waals surface area (Å²) < 4.78 is 65.1. The van der Waals surface area contributed by atoms with Gasteiger partial charge in [-0.3, -0.25) is 27.7 Å². The number of unbranched alkanes of at least 4 members (excludes halogenated alkanes) is 18. The molecule has 0 aromatic rings. The van der Waals surface area contributed by atoms with Crippen LogP contribution in [0.3, 0.4) is 0 Å². The van der Waals surface area contributed by atoms with Crippen molar-refractivity contribution in [1.82, 2.24) is 0 Å². The minimum absolute atomic E-state index is 0.00846. The van der Waals surface area contributed by atoms with E-state index < -0.39 is 91.3 Å². The molecule has 344 valence electrons. The lowest BCUT2D eigenvalue weighted by Gasteiger charge is -2.44. The van der Waals surface area contributed by atoms with E-state index in [1.165, 1.54) is 44.9 Å². The van der Waals surface area contributed by atoms with Gasteiger partial charge in [0.25, 0.3) is 0 Å². The molecule has 1 aliphatic rings. The van der Waals surface area contributed by atoms with Crippen LogP contribution < -0.4 is 5.73 Å². The number of hydrogen-bond acceptors (Lipinski definition) is 15. The summed E-state index contributed by atoms with van der Waals surface area (Å²) in [6.45, 7) is 1.32. The number of phosphoric ester groups is 3. The first-order valence-corrected chi connectivity index (χ1v) is 25.1.